The molecule has 0 saturated carbocycles. The van der Waals surface area contributed by atoms with Gasteiger partial charge in [0.2, 0.25) is 0 Å². The van der Waals surface area contributed by atoms with E-state index in [0.717, 1.165) is 11.3 Å². The van der Waals surface area contributed by atoms with Crippen LogP contribution in [0.4, 0.5) is 4.79 Å². The lowest BCUT2D eigenvalue weighted by Gasteiger charge is -2.04. The molecule has 5 nitrogen and oxygen atoms in total. The Morgan fingerprint density at radius 1 is 1.47 bits per heavy atom. The number of benzene rings is 1. The number of methoxy groups -OCH3 is 1. The number of para-hydroxylation sites is 1. The number of aliphatic hydroxyl groups excluding tert-OH is 1. The van der Waals surface area contributed by atoms with E-state index in [1.807, 2.05) is 24.3 Å². The van der Waals surface area contributed by atoms with Crippen molar-refractivity contribution in [2.24, 2.45) is 0 Å². The van der Waals surface area contributed by atoms with E-state index in [-0.39, 0.29) is 19.2 Å². The average Bonchev–Trinajstić information content (AvgIpc) is 2.37. The standard InChI is InChI=1S/C12H16N2O3/c1-17-11-5-3-2-4-10(11)6-7-13-12(16)14-8-9-15/h2-7,15H,8-9H2,1H3,(H2,13,14,16)/b7-6+. The number of amides is 2. The summed E-state index contributed by atoms with van der Waals surface area (Å²) in [5.74, 6) is 0.737. The average molecular weight is 236 g/mol. The van der Waals surface area contributed by atoms with E-state index in [0.29, 0.717) is 0 Å². The van der Waals surface area contributed by atoms with Crippen molar-refractivity contribution in [1.29, 1.82) is 0 Å². The van der Waals surface area contributed by atoms with E-state index in [4.69, 9.17) is 9.84 Å². The molecule has 0 heterocycles. The van der Waals surface area contributed by atoms with Crippen molar-refractivity contribution in [3.05, 3.63) is 36.0 Å². The van der Waals surface area contributed by atoms with Crippen molar-refractivity contribution >= 4 is 12.1 Å². The van der Waals surface area contributed by atoms with Gasteiger partial charge in [0.15, 0.2) is 0 Å². The van der Waals surface area contributed by atoms with Crippen LogP contribution in [0.2, 0.25) is 0 Å². The van der Waals surface area contributed by atoms with Gasteiger partial charge in [-0.25, -0.2) is 4.79 Å². The second kappa shape index (κ2) is 7.29. The van der Waals surface area contributed by atoms with Gasteiger partial charge in [-0.1, -0.05) is 18.2 Å². The molecule has 1 aromatic rings. The molecule has 0 unspecified atom stereocenters. The van der Waals surface area contributed by atoms with Crippen molar-refractivity contribution < 1.29 is 14.6 Å². The van der Waals surface area contributed by atoms with Gasteiger partial charge in [-0.15, -0.1) is 0 Å². The molecule has 0 fully saturated rings. The van der Waals surface area contributed by atoms with E-state index in [2.05, 4.69) is 10.6 Å². The molecular formula is C12H16N2O3. The van der Waals surface area contributed by atoms with Crippen LogP contribution in [0.25, 0.3) is 6.08 Å². The highest BCUT2D eigenvalue weighted by molar-refractivity contribution is 5.76. The molecule has 1 aromatic carbocycles. The number of hydrogen-bond acceptors (Lipinski definition) is 3. The number of hydrogen-bond donors (Lipinski definition) is 3. The van der Waals surface area contributed by atoms with Crippen molar-refractivity contribution in [2.45, 2.75) is 0 Å². The molecule has 0 spiro atoms. The van der Waals surface area contributed by atoms with Gasteiger partial charge in [0, 0.05) is 18.3 Å². The van der Waals surface area contributed by atoms with Gasteiger partial charge in [0.25, 0.3) is 0 Å². The molecule has 0 radical (unpaired) electrons. The molecule has 3 N–H and O–H groups in total. The molecule has 0 aliphatic heterocycles. The Bertz CT molecular complexity index is 391. The van der Waals surface area contributed by atoms with Crippen molar-refractivity contribution in [3.63, 3.8) is 0 Å². The van der Waals surface area contributed by atoms with Crippen LogP contribution in [0.1, 0.15) is 5.56 Å². The van der Waals surface area contributed by atoms with E-state index < -0.39 is 0 Å². The number of rotatable bonds is 5. The second-order valence-electron chi connectivity index (χ2n) is 3.20. The van der Waals surface area contributed by atoms with E-state index in [1.165, 1.54) is 6.20 Å². The summed E-state index contributed by atoms with van der Waals surface area (Å²) in [6.45, 7) is 0.151. The van der Waals surface area contributed by atoms with Crippen LogP contribution in [0.15, 0.2) is 30.5 Å². The molecule has 5 heteroatoms. The first kappa shape index (κ1) is 13.1. The van der Waals surface area contributed by atoms with Gasteiger partial charge in [-0.3, -0.25) is 0 Å². The second-order valence-corrected chi connectivity index (χ2v) is 3.20. The Kier molecular flexibility index (Phi) is 5.60. The zero-order valence-electron chi connectivity index (χ0n) is 9.64. The summed E-state index contributed by atoms with van der Waals surface area (Å²) in [7, 11) is 1.59. The van der Waals surface area contributed by atoms with E-state index in [9.17, 15) is 4.79 Å². The van der Waals surface area contributed by atoms with Crippen LogP contribution >= 0.6 is 0 Å². The summed E-state index contributed by atoms with van der Waals surface area (Å²) < 4.78 is 5.16. The Balaban J connectivity index is 2.50. The zero-order chi connectivity index (χ0) is 12.5. The third kappa shape index (κ3) is 4.56. The fourth-order valence-corrected chi connectivity index (χ4v) is 1.23. The molecule has 0 bridgehead atoms. The minimum absolute atomic E-state index is 0.0797. The van der Waals surface area contributed by atoms with Crippen LogP contribution in [-0.4, -0.2) is 31.4 Å². The lowest BCUT2D eigenvalue weighted by atomic mass is 10.2. The predicted octanol–water partition coefficient (Wildman–Crippen LogP) is 0.957. The Labute approximate surface area is 100 Å². The van der Waals surface area contributed by atoms with Crippen LogP contribution in [0.3, 0.4) is 0 Å². The van der Waals surface area contributed by atoms with Gasteiger partial charge in [-0.2, -0.15) is 0 Å². The van der Waals surface area contributed by atoms with E-state index in [1.54, 1.807) is 13.2 Å². The van der Waals surface area contributed by atoms with Gasteiger partial charge < -0.3 is 20.5 Å². The molecule has 1 rings (SSSR count). The highest BCUT2D eigenvalue weighted by Gasteiger charge is 1.97. The molecule has 92 valence electrons. The lowest BCUT2D eigenvalue weighted by Crippen LogP contribution is -2.33. The zero-order valence-corrected chi connectivity index (χ0v) is 9.64. The number of carbonyl (C=O) groups is 1. The smallest absolute Gasteiger partial charge is 0.318 e. The Morgan fingerprint density at radius 2 is 2.24 bits per heavy atom. The van der Waals surface area contributed by atoms with Gasteiger partial charge in [0.1, 0.15) is 5.75 Å². The highest BCUT2D eigenvalue weighted by Crippen LogP contribution is 2.17. The molecule has 17 heavy (non-hydrogen) atoms. The topological polar surface area (TPSA) is 70.6 Å². The number of nitrogens with one attached hydrogen (secondary N) is 2. The normalized spacial score (nSPS) is 10.2. The maximum absolute atomic E-state index is 11.1. The predicted molar refractivity (Wildman–Crippen MR) is 65.6 cm³/mol. The SMILES string of the molecule is COc1ccccc1/C=C/NC(=O)NCCO. The van der Waals surface area contributed by atoms with E-state index >= 15 is 0 Å². The quantitative estimate of drug-likeness (QED) is 0.713. The molecule has 0 aliphatic carbocycles. The molecule has 0 saturated heterocycles. The fraction of sp³-hybridized carbons (Fsp3) is 0.250. The van der Waals surface area contributed by atoms with Gasteiger partial charge in [0.05, 0.1) is 13.7 Å². The van der Waals surface area contributed by atoms with Crippen LogP contribution < -0.4 is 15.4 Å². The first-order chi connectivity index (χ1) is 8.27. The largest absolute Gasteiger partial charge is 0.496 e. The summed E-state index contributed by atoms with van der Waals surface area (Å²) >= 11 is 0. The molecule has 0 atom stereocenters. The fourth-order valence-electron chi connectivity index (χ4n) is 1.23. The maximum atomic E-state index is 11.1. The van der Waals surface area contributed by atoms with Crippen LogP contribution in [0, 0.1) is 0 Å². The molecule has 0 aromatic heterocycles. The Morgan fingerprint density at radius 3 is 2.94 bits per heavy atom. The summed E-state index contributed by atoms with van der Waals surface area (Å²) in [5, 5.41) is 13.5. The maximum Gasteiger partial charge on any atom is 0.318 e. The van der Waals surface area contributed by atoms with Crippen molar-refractivity contribution in [2.75, 3.05) is 20.3 Å². The van der Waals surface area contributed by atoms with Crippen LogP contribution in [-0.2, 0) is 0 Å². The summed E-state index contributed by atoms with van der Waals surface area (Å²) in [4.78, 5) is 11.1. The third-order valence-electron chi connectivity index (χ3n) is 2.01. The number of aliphatic hydroxyl groups is 1. The van der Waals surface area contributed by atoms with Crippen LogP contribution in [0.5, 0.6) is 5.75 Å². The number of carbonyl (C=O) groups excluding carboxylic acids is 1. The summed E-state index contributed by atoms with van der Waals surface area (Å²) in [5.41, 5.74) is 0.873. The first-order valence-corrected chi connectivity index (χ1v) is 5.22. The summed E-state index contributed by atoms with van der Waals surface area (Å²) in [6, 6.07) is 7.12. The minimum Gasteiger partial charge on any atom is -0.496 e. The van der Waals surface area contributed by atoms with Gasteiger partial charge in [-0.05, 0) is 12.1 Å². The Hall–Kier alpha value is -2.01. The first-order valence-electron chi connectivity index (χ1n) is 5.22. The summed E-state index contributed by atoms with van der Waals surface area (Å²) in [6.07, 6.45) is 3.25. The monoisotopic (exact) mass is 236 g/mol. The third-order valence-corrected chi connectivity index (χ3v) is 2.01. The van der Waals surface area contributed by atoms with Crippen molar-refractivity contribution in [3.8, 4) is 5.75 Å². The minimum atomic E-state index is -0.356. The highest BCUT2D eigenvalue weighted by atomic mass is 16.5. The van der Waals surface area contributed by atoms with Gasteiger partial charge >= 0.3 is 6.03 Å². The molecular weight excluding hydrogens is 220 g/mol. The number of ether oxygens (including phenoxy) is 1. The molecule has 2 amide bonds. The van der Waals surface area contributed by atoms with Crippen molar-refractivity contribution in [1.82, 2.24) is 10.6 Å². The molecule has 0 aliphatic rings. The number of urea groups is 1. The lowest BCUT2D eigenvalue weighted by molar-refractivity contribution is 0.237.